The summed E-state index contributed by atoms with van der Waals surface area (Å²) in [6.45, 7) is 0.451. The first-order valence-corrected chi connectivity index (χ1v) is 10.5. The van der Waals surface area contributed by atoms with Gasteiger partial charge in [-0.15, -0.1) is 0 Å². The summed E-state index contributed by atoms with van der Waals surface area (Å²) in [5.74, 6) is 0.520. The van der Waals surface area contributed by atoms with Gasteiger partial charge in [-0.3, -0.25) is 4.74 Å². The van der Waals surface area contributed by atoms with Gasteiger partial charge in [-0.05, 0) is 48.2 Å². The van der Waals surface area contributed by atoms with Gasteiger partial charge in [0, 0.05) is 0 Å². The molecule has 1 N–H and O–H groups in total. The number of hydrogen-bond acceptors (Lipinski definition) is 7. The van der Waals surface area contributed by atoms with Crippen LogP contribution in [-0.2, 0) is 31.5 Å². The Bertz CT molecular complexity index is 1010. The average Bonchev–Trinajstić information content (AvgIpc) is 2.78. The van der Waals surface area contributed by atoms with Crippen molar-refractivity contribution in [2.24, 2.45) is 0 Å². The molecular weight excluding hydrogens is 483 g/mol. The van der Waals surface area contributed by atoms with Crippen molar-refractivity contribution >= 4 is 6.16 Å². The number of ether oxygens (including phenoxy) is 5. The average molecular weight is 506 g/mol. The standard InChI is InChI=1S/C23H23F5O7/c1-3-32-21(30)33-12-18-23(27,28)35-20(29)19(34-18)14-6-9-17(22(24,25)26)15(11-14)10-13-4-7-16(31-2)8-5-13/h4-9,11,18-20,29H,3,10,12H2,1-2H3. The van der Waals surface area contributed by atoms with Crippen molar-refractivity contribution in [1.29, 1.82) is 0 Å². The summed E-state index contributed by atoms with van der Waals surface area (Å²) in [5.41, 5.74) is -0.615. The van der Waals surface area contributed by atoms with Crippen molar-refractivity contribution in [3.05, 3.63) is 64.7 Å². The smallest absolute Gasteiger partial charge is 0.497 e. The number of carbonyl (C=O) groups is 1. The van der Waals surface area contributed by atoms with Crippen LogP contribution < -0.4 is 4.74 Å². The van der Waals surface area contributed by atoms with Gasteiger partial charge in [-0.1, -0.05) is 24.3 Å². The molecule has 192 valence electrons. The Morgan fingerprint density at radius 3 is 2.40 bits per heavy atom. The van der Waals surface area contributed by atoms with Gasteiger partial charge < -0.3 is 24.1 Å². The maximum absolute atomic E-state index is 14.2. The van der Waals surface area contributed by atoms with E-state index in [1.54, 1.807) is 24.3 Å². The molecule has 2 aromatic rings. The summed E-state index contributed by atoms with van der Waals surface area (Å²) in [6.07, 6.45) is -16.0. The van der Waals surface area contributed by atoms with Crippen LogP contribution in [-0.4, -0.2) is 50.1 Å². The van der Waals surface area contributed by atoms with Gasteiger partial charge in [-0.2, -0.15) is 22.0 Å². The Hall–Kier alpha value is -2.96. The van der Waals surface area contributed by atoms with Crippen molar-refractivity contribution in [3.8, 4) is 5.75 Å². The van der Waals surface area contributed by atoms with Gasteiger partial charge >= 0.3 is 18.4 Å². The van der Waals surface area contributed by atoms with E-state index >= 15 is 0 Å². The van der Waals surface area contributed by atoms with Crippen LogP contribution >= 0.6 is 0 Å². The lowest BCUT2D eigenvalue weighted by Crippen LogP contribution is -2.52. The van der Waals surface area contributed by atoms with E-state index in [1.165, 1.54) is 14.0 Å². The minimum absolute atomic E-state index is 0.0364. The molecule has 1 heterocycles. The van der Waals surface area contributed by atoms with E-state index in [2.05, 4.69) is 14.2 Å². The number of aliphatic hydroxyl groups excluding tert-OH is 1. The minimum atomic E-state index is -4.69. The quantitative estimate of drug-likeness (QED) is 0.425. The molecule has 0 radical (unpaired) electrons. The van der Waals surface area contributed by atoms with Crippen LogP contribution in [0, 0.1) is 0 Å². The zero-order chi connectivity index (χ0) is 25.8. The maximum Gasteiger partial charge on any atom is 0.508 e. The Kier molecular flexibility index (Phi) is 8.18. The van der Waals surface area contributed by atoms with Gasteiger partial charge in [0.1, 0.15) is 18.5 Å². The lowest BCUT2D eigenvalue weighted by Gasteiger charge is -2.38. The Morgan fingerprint density at radius 1 is 1.11 bits per heavy atom. The molecule has 2 aromatic carbocycles. The molecular formula is C23H23F5O7. The highest BCUT2D eigenvalue weighted by molar-refractivity contribution is 5.59. The SMILES string of the molecule is CCOC(=O)OCC1OC(c2ccc(C(F)(F)F)c(Cc3ccc(OC)cc3)c2)C(O)OC1(F)F. The van der Waals surface area contributed by atoms with Gasteiger partial charge in [0.05, 0.1) is 19.3 Å². The third-order valence-corrected chi connectivity index (χ3v) is 5.15. The predicted molar refractivity (Wildman–Crippen MR) is 110 cm³/mol. The summed E-state index contributed by atoms with van der Waals surface area (Å²) in [4.78, 5) is 11.4. The molecule has 0 spiro atoms. The Balaban J connectivity index is 1.89. The van der Waals surface area contributed by atoms with E-state index in [9.17, 15) is 31.9 Å². The van der Waals surface area contributed by atoms with Crippen LogP contribution in [0.4, 0.5) is 26.7 Å². The second-order valence-corrected chi connectivity index (χ2v) is 7.55. The molecule has 0 saturated carbocycles. The number of halogens is 5. The lowest BCUT2D eigenvalue weighted by molar-refractivity contribution is -0.415. The predicted octanol–water partition coefficient (Wildman–Crippen LogP) is 4.85. The zero-order valence-electron chi connectivity index (χ0n) is 18.7. The highest BCUT2D eigenvalue weighted by Gasteiger charge is 2.52. The van der Waals surface area contributed by atoms with Crippen molar-refractivity contribution in [2.45, 2.75) is 44.1 Å². The fourth-order valence-corrected chi connectivity index (χ4v) is 3.48. The van der Waals surface area contributed by atoms with Crippen molar-refractivity contribution < 1.29 is 55.5 Å². The topological polar surface area (TPSA) is 83.5 Å². The summed E-state index contributed by atoms with van der Waals surface area (Å²) >= 11 is 0. The fourth-order valence-electron chi connectivity index (χ4n) is 3.48. The number of aliphatic hydroxyl groups is 1. The van der Waals surface area contributed by atoms with Crippen LogP contribution in [0.15, 0.2) is 42.5 Å². The number of methoxy groups -OCH3 is 1. The molecule has 3 rings (SSSR count). The zero-order valence-corrected chi connectivity index (χ0v) is 18.7. The largest absolute Gasteiger partial charge is 0.508 e. The number of rotatable bonds is 7. The third kappa shape index (κ3) is 6.59. The molecule has 0 amide bonds. The summed E-state index contributed by atoms with van der Waals surface area (Å²) in [6, 6.07) is 9.24. The Morgan fingerprint density at radius 2 is 1.80 bits per heavy atom. The molecule has 1 fully saturated rings. The normalized spacial score (nSPS) is 21.9. The summed E-state index contributed by atoms with van der Waals surface area (Å²) in [5, 5.41) is 10.1. The van der Waals surface area contributed by atoms with Crippen LogP contribution in [0.3, 0.4) is 0 Å². The molecule has 0 bridgehead atoms. The summed E-state index contributed by atoms with van der Waals surface area (Å²) < 4.78 is 93.0. The Labute approximate surface area is 197 Å². The fraction of sp³-hybridized carbons (Fsp3) is 0.435. The first-order valence-electron chi connectivity index (χ1n) is 10.5. The molecule has 35 heavy (non-hydrogen) atoms. The molecule has 1 saturated heterocycles. The monoisotopic (exact) mass is 506 g/mol. The molecule has 1 aliphatic heterocycles. The molecule has 0 aromatic heterocycles. The second kappa shape index (κ2) is 10.8. The second-order valence-electron chi connectivity index (χ2n) is 7.55. The van der Waals surface area contributed by atoms with E-state index in [0.29, 0.717) is 11.3 Å². The number of carbonyl (C=O) groups excluding carboxylic acids is 1. The van der Waals surface area contributed by atoms with E-state index in [1.807, 2.05) is 0 Å². The van der Waals surface area contributed by atoms with E-state index < -0.39 is 49.1 Å². The molecule has 3 atom stereocenters. The van der Waals surface area contributed by atoms with Gasteiger partial charge in [0.15, 0.2) is 12.4 Å². The van der Waals surface area contributed by atoms with E-state index in [-0.39, 0.29) is 24.2 Å². The van der Waals surface area contributed by atoms with Crippen LogP contribution in [0.1, 0.15) is 35.3 Å². The highest BCUT2D eigenvalue weighted by Crippen LogP contribution is 2.41. The molecule has 7 nitrogen and oxygen atoms in total. The first-order chi connectivity index (χ1) is 16.4. The number of benzene rings is 2. The van der Waals surface area contributed by atoms with Gasteiger partial charge in [0.2, 0.25) is 0 Å². The maximum atomic E-state index is 14.2. The van der Waals surface area contributed by atoms with Crippen LogP contribution in [0.25, 0.3) is 0 Å². The minimum Gasteiger partial charge on any atom is -0.497 e. The van der Waals surface area contributed by atoms with Crippen molar-refractivity contribution in [3.63, 3.8) is 0 Å². The van der Waals surface area contributed by atoms with E-state index in [0.717, 1.165) is 18.2 Å². The molecule has 3 unspecified atom stereocenters. The van der Waals surface area contributed by atoms with Crippen molar-refractivity contribution in [2.75, 3.05) is 20.3 Å². The third-order valence-electron chi connectivity index (χ3n) is 5.15. The molecule has 12 heteroatoms. The lowest BCUT2D eigenvalue weighted by atomic mass is 9.94. The van der Waals surface area contributed by atoms with E-state index in [4.69, 9.17) is 9.47 Å². The van der Waals surface area contributed by atoms with Crippen molar-refractivity contribution in [1.82, 2.24) is 0 Å². The molecule has 1 aliphatic rings. The van der Waals surface area contributed by atoms with Crippen LogP contribution in [0.5, 0.6) is 5.75 Å². The van der Waals surface area contributed by atoms with Gasteiger partial charge in [-0.25, -0.2) is 4.79 Å². The summed E-state index contributed by atoms with van der Waals surface area (Å²) in [7, 11) is 1.45. The van der Waals surface area contributed by atoms with Crippen LogP contribution in [0.2, 0.25) is 0 Å². The number of hydrogen-bond donors (Lipinski definition) is 1. The highest BCUT2D eigenvalue weighted by atomic mass is 19.4. The first kappa shape index (κ1) is 26.6. The number of alkyl halides is 5. The van der Waals surface area contributed by atoms with Gasteiger partial charge in [0.25, 0.3) is 0 Å². The molecule has 0 aliphatic carbocycles.